The van der Waals surface area contributed by atoms with E-state index in [1.165, 1.54) is 13.0 Å². The first kappa shape index (κ1) is 20.7. The fourth-order valence-electron chi connectivity index (χ4n) is 5.12. The van der Waals surface area contributed by atoms with Crippen molar-refractivity contribution < 1.29 is 34.8 Å². The number of rotatable bonds is 1. The number of phenolic OH excluding ortho intramolecular Hbond substituents is 1. The molecule has 0 spiro atoms. The van der Waals surface area contributed by atoms with Crippen LogP contribution in [0.25, 0.3) is 0 Å². The summed E-state index contributed by atoms with van der Waals surface area (Å²) in [5.41, 5.74) is 17.3. The van der Waals surface area contributed by atoms with Crippen molar-refractivity contribution in [2.24, 2.45) is 23.3 Å². The Hall–Kier alpha value is -3.57. The van der Waals surface area contributed by atoms with Crippen LogP contribution >= 0.6 is 0 Å². The van der Waals surface area contributed by atoms with E-state index in [0.29, 0.717) is 5.56 Å². The lowest BCUT2D eigenvalue weighted by Gasteiger charge is -2.51. The van der Waals surface area contributed by atoms with Gasteiger partial charge in [-0.1, -0.05) is 0 Å². The summed E-state index contributed by atoms with van der Waals surface area (Å²) in [6.45, 7) is 1.28. The molecule has 0 bridgehead atoms. The van der Waals surface area contributed by atoms with Crippen molar-refractivity contribution in [1.29, 1.82) is 0 Å². The number of fused-ring (bicyclic) bond motifs is 3. The van der Waals surface area contributed by atoms with Gasteiger partial charge in [-0.3, -0.25) is 14.4 Å². The molecule has 1 amide bonds. The Morgan fingerprint density at radius 3 is 2.32 bits per heavy atom. The molecule has 1 unspecified atom stereocenters. The fraction of sp³-hybridized carbons (Fsp3) is 0.350. The van der Waals surface area contributed by atoms with Crippen LogP contribution in [0.5, 0.6) is 5.75 Å². The maximum Gasteiger partial charge on any atom is 0.255 e. The normalized spacial score (nSPS) is 32.5. The van der Waals surface area contributed by atoms with E-state index in [0.717, 1.165) is 0 Å². The van der Waals surface area contributed by atoms with Crippen LogP contribution in [0, 0.1) is 11.8 Å². The molecule has 12 N–H and O–H groups in total. The van der Waals surface area contributed by atoms with Crippen molar-refractivity contribution in [3.63, 3.8) is 0 Å². The number of aliphatic hydroxyl groups excluding tert-OH is 2. The van der Waals surface area contributed by atoms with Crippen molar-refractivity contribution in [3.05, 3.63) is 39.9 Å². The molecule has 11 nitrogen and oxygen atoms in total. The highest BCUT2D eigenvalue weighted by molar-refractivity contribution is 6.25. The number of phenols is 1. The fourth-order valence-corrected chi connectivity index (χ4v) is 5.12. The number of nitrogens with two attached hydrogens (primary N) is 4. The molecule has 0 saturated heterocycles. The van der Waals surface area contributed by atoms with Crippen molar-refractivity contribution in [1.82, 2.24) is 0 Å². The smallest absolute Gasteiger partial charge is 0.255 e. The minimum absolute atomic E-state index is 0.0736. The first-order valence-corrected chi connectivity index (χ1v) is 9.43. The second-order valence-electron chi connectivity index (χ2n) is 8.50. The largest absolute Gasteiger partial charge is 0.509 e. The molecule has 0 saturated carbocycles. The third kappa shape index (κ3) is 2.32. The number of aromatic hydroxyl groups is 1. The van der Waals surface area contributed by atoms with E-state index >= 15 is 0 Å². The summed E-state index contributed by atoms with van der Waals surface area (Å²) in [6.07, 6.45) is -0.0371. The van der Waals surface area contributed by atoms with Crippen LogP contribution in [0.2, 0.25) is 0 Å². The quantitative estimate of drug-likeness (QED) is 0.118. The van der Waals surface area contributed by atoms with E-state index in [9.17, 15) is 34.8 Å². The Bertz CT molecular complexity index is 1170. The Labute approximate surface area is 175 Å². The molecular weight excluding hydrogens is 408 g/mol. The summed E-state index contributed by atoms with van der Waals surface area (Å²) in [6, 6.07) is 1.31. The number of aliphatic hydroxyl groups is 3. The minimum atomic E-state index is -2.78. The molecule has 11 heteroatoms. The summed E-state index contributed by atoms with van der Waals surface area (Å²) in [4.78, 5) is 38.1. The molecule has 164 valence electrons. The molecule has 0 aromatic heterocycles. The SMILES string of the molecule is CC1(N)C(O)=C(C(N)=O)C(=O)[C@@]2(O)C(O)=C3C(=O)c4c(O)c(N)cc(N)c4C[C@H]3C[C@@H]12. The zero-order valence-electron chi connectivity index (χ0n) is 16.5. The highest BCUT2D eigenvalue weighted by atomic mass is 16.3. The lowest BCUT2D eigenvalue weighted by molar-refractivity contribution is -0.148. The topological polar surface area (TPSA) is 236 Å². The molecule has 1 aromatic rings. The number of hydrogen-bond donors (Lipinski definition) is 8. The zero-order valence-corrected chi connectivity index (χ0v) is 16.5. The van der Waals surface area contributed by atoms with Crippen LogP contribution in [-0.2, 0) is 16.0 Å². The average Bonchev–Trinajstić information content (AvgIpc) is 2.67. The summed E-state index contributed by atoms with van der Waals surface area (Å²) in [7, 11) is 0. The molecular formula is C20H22N4O7. The zero-order chi connectivity index (χ0) is 23.2. The number of amides is 1. The maximum atomic E-state index is 13.3. The van der Waals surface area contributed by atoms with E-state index in [-0.39, 0.29) is 35.4 Å². The van der Waals surface area contributed by atoms with E-state index in [4.69, 9.17) is 22.9 Å². The molecule has 4 rings (SSSR count). The number of Topliss-reactive ketones (excluding diaryl/α,β-unsaturated/α-hetero) is 2. The number of benzene rings is 1. The standard InChI is InChI=1S/C20H22N4O7/c1-19(24)9-3-5-2-6-7(21)4-8(22)13(25)11(6)14(26)10(5)16(28)20(9,31)17(29)12(15(19)27)18(23)30/h4-5,9,25,27-28,31H,2-3,21-22,24H2,1H3,(H2,23,30)/t5-,9-,19?,20-/m0/s1. The Balaban J connectivity index is 2.00. The van der Waals surface area contributed by atoms with Crippen LogP contribution < -0.4 is 22.9 Å². The third-order valence-electron chi connectivity index (χ3n) is 6.73. The lowest BCUT2D eigenvalue weighted by atomic mass is 9.55. The van der Waals surface area contributed by atoms with Gasteiger partial charge in [0.15, 0.2) is 11.4 Å². The number of ketones is 2. The third-order valence-corrected chi connectivity index (χ3v) is 6.73. The maximum absolute atomic E-state index is 13.3. The first-order valence-electron chi connectivity index (χ1n) is 9.43. The van der Waals surface area contributed by atoms with E-state index in [1.54, 1.807) is 0 Å². The Morgan fingerprint density at radius 1 is 1.13 bits per heavy atom. The summed E-state index contributed by atoms with van der Waals surface area (Å²) in [5.74, 6) is -7.93. The van der Waals surface area contributed by atoms with Crippen LogP contribution in [0.1, 0.15) is 29.3 Å². The number of anilines is 2. The van der Waals surface area contributed by atoms with Gasteiger partial charge in [0, 0.05) is 17.2 Å². The summed E-state index contributed by atoms with van der Waals surface area (Å²) < 4.78 is 0. The highest BCUT2D eigenvalue weighted by Crippen LogP contribution is 2.54. The van der Waals surface area contributed by atoms with Gasteiger partial charge in [0.1, 0.15) is 22.8 Å². The highest BCUT2D eigenvalue weighted by Gasteiger charge is 2.65. The molecule has 31 heavy (non-hydrogen) atoms. The number of nitrogen functional groups attached to an aromatic ring is 2. The minimum Gasteiger partial charge on any atom is -0.509 e. The molecule has 3 aliphatic rings. The van der Waals surface area contributed by atoms with Crippen molar-refractivity contribution in [2.45, 2.75) is 30.9 Å². The van der Waals surface area contributed by atoms with Gasteiger partial charge in [-0.15, -0.1) is 0 Å². The van der Waals surface area contributed by atoms with E-state index in [1.807, 2.05) is 0 Å². The van der Waals surface area contributed by atoms with Crippen molar-refractivity contribution >= 4 is 28.8 Å². The van der Waals surface area contributed by atoms with E-state index < -0.39 is 63.3 Å². The number of carbonyl (C=O) groups excluding carboxylic acids is 3. The summed E-state index contributed by atoms with van der Waals surface area (Å²) in [5, 5.41) is 43.2. The van der Waals surface area contributed by atoms with Gasteiger partial charge in [-0.2, -0.15) is 0 Å². The van der Waals surface area contributed by atoms with Gasteiger partial charge in [0.25, 0.3) is 5.91 Å². The lowest BCUT2D eigenvalue weighted by Crippen LogP contribution is -2.68. The molecule has 4 atom stereocenters. The number of primary amides is 1. The van der Waals surface area contributed by atoms with Gasteiger partial charge >= 0.3 is 0 Å². The van der Waals surface area contributed by atoms with E-state index in [2.05, 4.69) is 0 Å². The molecule has 0 aliphatic heterocycles. The van der Waals surface area contributed by atoms with Gasteiger partial charge in [-0.25, -0.2) is 0 Å². The Kier molecular flexibility index (Phi) is 4.00. The second-order valence-corrected chi connectivity index (χ2v) is 8.50. The average molecular weight is 430 g/mol. The number of allylic oxidation sites excluding steroid dienone is 1. The first-order chi connectivity index (χ1) is 14.3. The predicted molar refractivity (Wildman–Crippen MR) is 108 cm³/mol. The van der Waals surface area contributed by atoms with Crippen LogP contribution in [-0.4, -0.2) is 49.0 Å². The summed E-state index contributed by atoms with van der Waals surface area (Å²) >= 11 is 0. The predicted octanol–water partition coefficient (Wildman–Crippen LogP) is -0.928. The molecule has 3 aliphatic carbocycles. The van der Waals surface area contributed by atoms with Crippen LogP contribution in [0.3, 0.4) is 0 Å². The van der Waals surface area contributed by atoms with Crippen molar-refractivity contribution in [3.8, 4) is 5.75 Å². The number of hydrogen-bond acceptors (Lipinski definition) is 10. The van der Waals surface area contributed by atoms with Gasteiger partial charge in [-0.05, 0) is 37.3 Å². The van der Waals surface area contributed by atoms with Gasteiger partial charge in [0.2, 0.25) is 5.78 Å². The Morgan fingerprint density at radius 2 is 1.74 bits per heavy atom. The van der Waals surface area contributed by atoms with Crippen LogP contribution in [0.4, 0.5) is 11.4 Å². The second kappa shape index (κ2) is 5.99. The molecule has 0 heterocycles. The van der Waals surface area contributed by atoms with Crippen LogP contribution in [0.15, 0.2) is 28.7 Å². The van der Waals surface area contributed by atoms with Gasteiger partial charge in [0.05, 0.1) is 16.8 Å². The van der Waals surface area contributed by atoms with Crippen molar-refractivity contribution in [2.75, 3.05) is 11.5 Å². The molecule has 0 radical (unpaired) electrons. The molecule has 0 fully saturated rings. The monoisotopic (exact) mass is 430 g/mol. The number of carbonyl (C=O) groups is 3. The van der Waals surface area contributed by atoms with Gasteiger partial charge < -0.3 is 43.4 Å². The molecule has 1 aromatic carbocycles.